The Morgan fingerprint density at radius 1 is 1.21 bits per heavy atom. The molecule has 0 radical (unpaired) electrons. The fourth-order valence-corrected chi connectivity index (χ4v) is 2.44. The van der Waals surface area contributed by atoms with E-state index in [-0.39, 0.29) is 5.91 Å². The third-order valence-electron chi connectivity index (χ3n) is 3.52. The van der Waals surface area contributed by atoms with Crippen LogP contribution in [0.2, 0.25) is 0 Å². The van der Waals surface area contributed by atoms with Gasteiger partial charge in [0.2, 0.25) is 0 Å². The molecule has 0 aliphatic heterocycles. The number of benzene rings is 2. The summed E-state index contributed by atoms with van der Waals surface area (Å²) >= 11 is 0. The topological polar surface area (TPSA) is 66.6 Å². The molecule has 0 spiro atoms. The van der Waals surface area contributed by atoms with Gasteiger partial charge in [0.1, 0.15) is 18.4 Å². The van der Waals surface area contributed by atoms with E-state index in [0.29, 0.717) is 24.4 Å². The van der Waals surface area contributed by atoms with Gasteiger partial charge < -0.3 is 15.0 Å². The number of ether oxygens (including phenoxy) is 1. The molecular weight excluding hydrogens is 302 g/mol. The summed E-state index contributed by atoms with van der Waals surface area (Å²) in [6.45, 7) is 3.66. The number of nitrogens with zero attached hydrogens (tertiary/aromatic N) is 1. The largest absolute Gasteiger partial charge is 0.494 e. The number of nitriles is 1. The van der Waals surface area contributed by atoms with Gasteiger partial charge in [0.25, 0.3) is 5.91 Å². The lowest BCUT2D eigenvalue weighted by molar-refractivity contribution is -0.885. The summed E-state index contributed by atoms with van der Waals surface area (Å²) in [5, 5.41) is 11.9. The second-order valence-corrected chi connectivity index (χ2v) is 5.59. The molecule has 0 saturated heterocycles. The van der Waals surface area contributed by atoms with Crippen LogP contribution in [-0.2, 0) is 11.3 Å². The SMILES string of the molecule is CCOc1ccc(C[NH+](C)CC(=O)Nc2ccccc2C#N)cc1. The van der Waals surface area contributed by atoms with Crippen LogP contribution in [0.3, 0.4) is 0 Å². The first-order valence-corrected chi connectivity index (χ1v) is 7.94. The van der Waals surface area contributed by atoms with Crippen LogP contribution in [0.4, 0.5) is 5.69 Å². The van der Waals surface area contributed by atoms with Crippen molar-refractivity contribution in [2.45, 2.75) is 13.5 Å². The molecule has 1 unspecified atom stereocenters. The van der Waals surface area contributed by atoms with Crippen molar-refractivity contribution in [1.29, 1.82) is 5.26 Å². The number of hydrogen-bond donors (Lipinski definition) is 2. The van der Waals surface area contributed by atoms with E-state index >= 15 is 0 Å². The van der Waals surface area contributed by atoms with Crippen LogP contribution >= 0.6 is 0 Å². The van der Waals surface area contributed by atoms with Crippen LogP contribution in [0.1, 0.15) is 18.1 Å². The van der Waals surface area contributed by atoms with E-state index < -0.39 is 0 Å². The van der Waals surface area contributed by atoms with E-state index in [9.17, 15) is 4.79 Å². The molecule has 0 aromatic heterocycles. The highest BCUT2D eigenvalue weighted by atomic mass is 16.5. The molecule has 2 aromatic rings. The number of rotatable bonds is 7. The maximum atomic E-state index is 12.2. The number of carbonyl (C=O) groups is 1. The molecule has 0 aliphatic rings. The van der Waals surface area contributed by atoms with Crippen LogP contribution in [0, 0.1) is 11.3 Å². The predicted octanol–water partition coefficient (Wildman–Crippen LogP) is 1.61. The lowest BCUT2D eigenvalue weighted by Crippen LogP contribution is -3.08. The van der Waals surface area contributed by atoms with Crippen LogP contribution in [0.15, 0.2) is 48.5 Å². The minimum atomic E-state index is -0.110. The summed E-state index contributed by atoms with van der Waals surface area (Å²) in [6.07, 6.45) is 0. The summed E-state index contributed by atoms with van der Waals surface area (Å²) in [4.78, 5) is 13.2. The summed E-state index contributed by atoms with van der Waals surface area (Å²) in [5.74, 6) is 0.742. The zero-order valence-electron chi connectivity index (χ0n) is 14.0. The van der Waals surface area contributed by atoms with Gasteiger partial charge in [-0.3, -0.25) is 4.79 Å². The Hall–Kier alpha value is -2.84. The van der Waals surface area contributed by atoms with E-state index in [1.54, 1.807) is 24.3 Å². The first-order chi connectivity index (χ1) is 11.6. The highest BCUT2D eigenvalue weighted by Crippen LogP contribution is 2.13. The van der Waals surface area contributed by atoms with Crippen LogP contribution in [0.5, 0.6) is 5.75 Å². The molecule has 2 rings (SSSR count). The first-order valence-electron chi connectivity index (χ1n) is 7.94. The summed E-state index contributed by atoms with van der Waals surface area (Å²) < 4.78 is 5.42. The fraction of sp³-hybridized carbons (Fsp3) is 0.263. The molecule has 5 nitrogen and oxygen atoms in total. The van der Waals surface area contributed by atoms with Crippen LogP contribution in [-0.4, -0.2) is 26.1 Å². The van der Waals surface area contributed by atoms with Crippen molar-refractivity contribution in [3.63, 3.8) is 0 Å². The Bertz CT molecular complexity index is 720. The standard InChI is InChI=1S/C19H21N3O2/c1-3-24-17-10-8-15(9-11-17)13-22(2)14-19(23)21-18-7-5-4-6-16(18)12-20/h4-11H,3,13-14H2,1-2H3,(H,21,23)/p+1. The van der Waals surface area contributed by atoms with Gasteiger partial charge in [0.05, 0.1) is 24.9 Å². The molecule has 0 heterocycles. The minimum absolute atomic E-state index is 0.110. The zero-order chi connectivity index (χ0) is 17.4. The molecule has 2 N–H and O–H groups in total. The lowest BCUT2D eigenvalue weighted by atomic mass is 10.2. The molecule has 0 bridgehead atoms. The van der Waals surface area contributed by atoms with E-state index in [4.69, 9.17) is 10.00 Å². The highest BCUT2D eigenvalue weighted by Gasteiger charge is 2.12. The average Bonchev–Trinajstić information content (AvgIpc) is 2.57. The van der Waals surface area contributed by atoms with Crippen molar-refractivity contribution < 1.29 is 14.4 Å². The van der Waals surface area contributed by atoms with E-state index in [0.717, 1.165) is 22.8 Å². The van der Waals surface area contributed by atoms with Crippen LogP contribution in [0.25, 0.3) is 0 Å². The van der Waals surface area contributed by atoms with Crippen molar-refractivity contribution >= 4 is 11.6 Å². The van der Waals surface area contributed by atoms with E-state index in [1.165, 1.54) is 0 Å². The molecule has 0 saturated carbocycles. The molecule has 5 heteroatoms. The Balaban J connectivity index is 1.88. The van der Waals surface area contributed by atoms with E-state index in [1.807, 2.05) is 38.2 Å². The molecule has 1 amide bonds. The maximum Gasteiger partial charge on any atom is 0.279 e. The van der Waals surface area contributed by atoms with Gasteiger partial charge in [-0.1, -0.05) is 12.1 Å². The quantitative estimate of drug-likeness (QED) is 0.813. The van der Waals surface area contributed by atoms with Gasteiger partial charge in [-0.15, -0.1) is 0 Å². The molecule has 0 aliphatic carbocycles. The Morgan fingerprint density at radius 2 is 1.92 bits per heavy atom. The Kier molecular flexibility index (Phi) is 6.35. The lowest BCUT2D eigenvalue weighted by Gasteiger charge is -2.14. The minimum Gasteiger partial charge on any atom is -0.494 e. The maximum absolute atomic E-state index is 12.2. The fourth-order valence-electron chi connectivity index (χ4n) is 2.44. The van der Waals surface area contributed by atoms with Crippen molar-refractivity contribution in [2.75, 3.05) is 25.5 Å². The normalized spacial score (nSPS) is 11.4. The zero-order valence-corrected chi connectivity index (χ0v) is 14.0. The molecule has 24 heavy (non-hydrogen) atoms. The van der Waals surface area contributed by atoms with E-state index in [2.05, 4.69) is 11.4 Å². The number of amides is 1. The second kappa shape index (κ2) is 8.70. The van der Waals surface area contributed by atoms with Crippen molar-refractivity contribution in [2.24, 2.45) is 0 Å². The Morgan fingerprint density at radius 3 is 2.58 bits per heavy atom. The molecule has 124 valence electrons. The third-order valence-corrected chi connectivity index (χ3v) is 3.52. The smallest absolute Gasteiger partial charge is 0.279 e. The second-order valence-electron chi connectivity index (χ2n) is 5.59. The molecule has 2 aromatic carbocycles. The highest BCUT2D eigenvalue weighted by molar-refractivity contribution is 5.92. The summed E-state index contributed by atoms with van der Waals surface area (Å²) in [6, 6.07) is 17.0. The van der Waals surface area contributed by atoms with Crippen LogP contribution < -0.4 is 15.0 Å². The molecular formula is C19H22N3O2+. The van der Waals surface area contributed by atoms with Crippen molar-refractivity contribution in [3.05, 3.63) is 59.7 Å². The average molecular weight is 324 g/mol. The third kappa shape index (κ3) is 5.11. The van der Waals surface area contributed by atoms with Gasteiger partial charge in [-0.2, -0.15) is 5.26 Å². The number of quaternary nitrogens is 1. The van der Waals surface area contributed by atoms with Crippen molar-refractivity contribution in [3.8, 4) is 11.8 Å². The van der Waals surface area contributed by atoms with Gasteiger partial charge in [-0.05, 0) is 43.3 Å². The van der Waals surface area contributed by atoms with Gasteiger partial charge in [0.15, 0.2) is 6.54 Å². The Labute approximate surface area is 142 Å². The van der Waals surface area contributed by atoms with Gasteiger partial charge in [0, 0.05) is 5.56 Å². The first kappa shape index (κ1) is 17.5. The number of likely N-dealkylation sites (N-methyl/N-ethyl adjacent to an activating group) is 1. The van der Waals surface area contributed by atoms with Gasteiger partial charge in [-0.25, -0.2) is 0 Å². The summed E-state index contributed by atoms with van der Waals surface area (Å²) in [7, 11) is 1.96. The number of para-hydroxylation sites is 1. The van der Waals surface area contributed by atoms with Crippen molar-refractivity contribution in [1.82, 2.24) is 0 Å². The number of hydrogen-bond acceptors (Lipinski definition) is 3. The molecule has 0 fully saturated rings. The molecule has 1 atom stereocenters. The number of nitrogens with one attached hydrogen (secondary N) is 2. The summed E-state index contributed by atoms with van der Waals surface area (Å²) in [5.41, 5.74) is 2.16. The number of carbonyl (C=O) groups excluding carboxylic acids is 1. The predicted molar refractivity (Wildman–Crippen MR) is 92.9 cm³/mol. The number of anilines is 1. The van der Waals surface area contributed by atoms with Gasteiger partial charge >= 0.3 is 0 Å². The monoisotopic (exact) mass is 324 g/mol.